The molecule has 2 aliphatic rings. The molecule has 0 bridgehead atoms. The number of anilines is 3. The molecule has 7 nitrogen and oxygen atoms in total. The van der Waals surface area contributed by atoms with Gasteiger partial charge in [0.1, 0.15) is 5.41 Å². The number of aromatic nitrogens is 2. The number of aromatic amines is 1. The lowest BCUT2D eigenvalue weighted by Crippen LogP contribution is -2.40. The number of morpholine rings is 1. The van der Waals surface area contributed by atoms with Gasteiger partial charge in [0.15, 0.2) is 0 Å². The highest BCUT2D eigenvalue weighted by molar-refractivity contribution is 6.34. The summed E-state index contributed by atoms with van der Waals surface area (Å²) in [6, 6.07) is 8.63. The number of nitrogens with one attached hydrogen (secondary N) is 3. The number of benzene rings is 2. The minimum atomic E-state index is -4.55. The lowest BCUT2D eigenvalue weighted by Gasteiger charge is -2.29. The van der Waals surface area contributed by atoms with Gasteiger partial charge in [-0.15, -0.1) is 0 Å². The maximum absolute atomic E-state index is 13.2. The Morgan fingerprint density at radius 1 is 1.14 bits per heavy atom. The largest absolute Gasteiger partial charge is 0.403 e. The first-order valence-electron chi connectivity index (χ1n) is 11.1. The van der Waals surface area contributed by atoms with Gasteiger partial charge in [0.25, 0.3) is 0 Å². The predicted molar refractivity (Wildman–Crippen MR) is 128 cm³/mol. The number of amides is 1. The third-order valence-electron chi connectivity index (χ3n) is 6.37. The Morgan fingerprint density at radius 3 is 2.57 bits per heavy atom. The zero-order chi connectivity index (χ0) is 24.8. The second-order valence-corrected chi connectivity index (χ2v) is 9.52. The van der Waals surface area contributed by atoms with Crippen LogP contribution in [-0.4, -0.2) is 48.4 Å². The number of alkyl halides is 3. The van der Waals surface area contributed by atoms with E-state index in [9.17, 15) is 18.0 Å². The summed E-state index contributed by atoms with van der Waals surface area (Å²) >= 11 is 12.8. The van der Waals surface area contributed by atoms with Crippen LogP contribution in [0.4, 0.5) is 30.5 Å². The average Bonchev–Trinajstić information content (AvgIpc) is 3.56. The number of ether oxygens (including phenoxy) is 1. The molecule has 2 aromatic carbocycles. The predicted octanol–water partition coefficient (Wildman–Crippen LogP) is 5.41. The zero-order valence-electron chi connectivity index (χ0n) is 18.4. The van der Waals surface area contributed by atoms with E-state index < -0.39 is 17.5 Å². The lowest BCUT2D eigenvalue weighted by molar-refractivity contribution is -0.192. The van der Waals surface area contributed by atoms with E-state index in [1.165, 1.54) is 0 Å². The van der Waals surface area contributed by atoms with Crippen LogP contribution in [-0.2, 0) is 16.1 Å². The third kappa shape index (κ3) is 4.74. The summed E-state index contributed by atoms with van der Waals surface area (Å²) in [7, 11) is 0. The zero-order valence-corrected chi connectivity index (χ0v) is 19.9. The van der Waals surface area contributed by atoms with E-state index in [2.05, 4.69) is 25.5 Å². The molecule has 0 unspecified atom stereocenters. The molecular formula is C23H22Cl2F3N5O2. The topological polar surface area (TPSA) is 82.3 Å². The minimum Gasteiger partial charge on any atom is -0.378 e. The second kappa shape index (κ2) is 9.07. The highest BCUT2D eigenvalue weighted by Crippen LogP contribution is 2.57. The highest BCUT2D eigenvalue weighted by Gasteiger charge is 2.68. The molecule has 1 aromatic heterocycles. The van der Waals surface area contributed by atoms with Crippen molar-refractivity contribution in [2.24, 2.45) is 5.41 Å². The highest BCUT2D eigenvalue weighted by atomic mass is 35.5. The van der Waals surface area contributed by atoms with Gasteiger partial charge in [-0.25, -0.2) is 4.98 Å². The van der Waals surface area contributed by atoms with Crippen molar-refractivity contribution in [1.29, 1.82) is 0 Å². The lowest BCUT2D eigenvalue weighted by atomic mass is 10.1. The number of hydrogen-bond acceptors (Lipinski definition) is 5. The number of imidazole rings is 1. The summed E-state index contributed by atoms with van der Waals surface area (Å²) in [5, 5.41) is 6.49. The first-order valence-corrected chi connectivity index (χ1v) is 11.8. The molecule has 2 fully saturated rings. The van der Waals surface area contributed by atoms with Crippen LogP contribution < -0.4 is 15.5 Å². The van der Waals surface area contributed by atoms with Crippen molar-refractivity contribution in [2.45, 2.75) is 25.6 Å². The molecule has 0 radical (unpaired) electrons. The van der Waals surface area contributed by atoms with Crippen LogP contribution in [0.3, 0.4) is 0 Å². The first kappa shape index (κ1) is 24.0. The van der Waals surface area contributed by atoms with E-state index in [4.69, 9.17) is 27.9 Å². The smallest absolute Gasteiger partial charge is 0.378 e. The molecule has 1 saturated heterocycles. The number of carbonyl (C=O) groups is 1. The number of nitrogens with zero attached hydrogens (tertiary/aromatic N) is 2. The Morgan fingerprint density at radius 2 is 1.89 bits per heavy atom. The van der Waals surface area contributed by atoms with E-state index in [0.29, 0.717) is 46.0 Å². The summed E-state index contributed by atoms with van der Waals surface area (Å²) in [4.78, 5) is 22.0. The Bertz CT molecular complexity index is 1270. The Labute approximate surface area is 208 Å². The molecule has 12 heteroatoms. The standard InChI is InChI=1S/C23H22Cl2F3N5O2/c24-14-2-1-13(12-29-20(34)22(3-4-22)23(26,27)28)9-16(14)30-21-31-17-10-15(25)19(11-18(17)32-21)33-5-7-35-8-6-33/h1-2,9-11H,3-8,12H2,(H,29,34)(H2,30,31,32). The number of carbonyl (C=O) groups excluding carboxylic acids is 1. The quantitative estimate of drug-likeness (QED) is 0.399. The Kier molecular flexibility index (Phi) is 6.23. The second-order valence-electron chi connectivity index (χ2n) is 8.71. The molecule has 186 valence electrons. The molecule has 2 heterocycles. The van der Waals surface area contributed by atoms with Crippen LogP contribution >= 0.6 is 23.2 Å². The Hall–Kier alpha value is -2.69. The fourth-order valence-electron chi connectivity index (χ4n) is 4.15. The van der Waals surface area contributed by atoms with Crippen LogP contribution in [0, 0.1) is 5.41 Å². The van der Waals surface area contributed by atoms with Crippen LogP contribution in [0.1, 0.15) is 18.4 Å². The van der Waals surface area contributed by atoms with Crippen molar-refractivity contribution in [3.63, 3.8) is 0 Å². The van der Waals surface area contributed by atoms with Crippen LogP contribution in [0.15, 0.2) is 30.3 Å². The SMILES string of the molecule is O=C(NCc1ccc(Cl)c(Nc2nc3cc(N4CCOCC4)c(Cl)cc3[nH]2)c1)C1(C(F)(F)F)CC1. The van der Waals surface area contributed by atoms with Crippen molar-refractivity contribution in [2.75, 3.05) is 36.5 Å². The fraction of sp³-hybridized carbons (Fsp3) is 0.391. The van der Waals surface area contributed by atoms with Crippen molar-refractivity contribution < 1.29 is 22.7 Å². The van der Waals surface area contributed by atoms with E-state index in [0.717, 1.165) is 24.3 Å². The third-order valence-corrected chi connectivity index (χ3v) is 7.00. The van der Waals surface area contributed by atoms with Crippen molar-refractivity contribution in [3.05, 3.63) is 45.9 Å². The molecule has 5 rings (SSSR count). The van der Waals surface area contributed by atoms with Gasteiger partial charge in [-0.2, -0.15) is 13.2 Å². The molecule has 1 amide bonds. The van der Waals surface area contributed by atoms with Crippen molar-refractivity contribution in [1.82, 2.24) is 15.3 Å². The number of fused-ring (bicyclic) bond motifs is 1. The van der Waals surface area contributed by atoms with Gasteiger partial charge in [-0.05, 0) is 42.7 Å². The van der Waals surface area contributed by atoms with Crippen LogP contribution in [0.2, 0.25) is 10.0 Å². The molecule has 3 aromatic rings. The van der Waals surface area contributed by atoms with Gasteiger partial charge in [-0.3, -0.25) is 4.79 Å². The molecule has 0 atom stereocenters. The van der Waals surface area contributed by atoms with Gasteiger partial charge < -0.3 is 25.3 Å². The maximum Gasteiger partial charge on any atom is 0.403 e. The Balaban J connectivity index is 1.31. The minimum absolute atomic E-state index is 0.0544. The summed E-state index contributed by atoms with van der Waals surface area (Å²) in [6.07, 6.45) is -4.91. The van der Waals surface area contributed by atoms with E-state index in [1.54, 1.807) is 18.2 Å². The average molecular weight is 528 g/mol. The van der Waals surface area contributed by atoms with E-state index in [-0.39, 0.29) is 19.4 Å². The van der Waals surface area contributed by atoms with Gasteiger partial charge in [-0.1, -0.05) is 29.3 Å². The molecule has 35 heavy (non-hydrogen) atoms. The van der Waals surface area contributed by atoms with Crippen molar-refractivity contribution in [3.8, 4) is 0 Å². The first-order chi connectivity index (χ1) is 16.7. The number of halogens is 5. The monoisotopic (exact) mass is 527 g/mol. The van der Waals surface area contributed by atoms with Crippen molar-refractivity contribution >= 4 is 57.5 Å². The fourth-order valence-corrected chi connectivity index (χ4v) is 4.59. The number of rotatable bonds is 6. The normalized spacial score (nSPS) is 17.5. The van der Waals surface area contributed by atoms with Gasteiger partial charge >= 0.3 is 6.18 Å². The summed E-state index contributed by atoms with van der Waals surface area (Å²) in [6.45, 7) is 2.69. The van der Waals surface area contributed by atoms with E-state index in [1.807, 2.05) is 12.1 Å². The van der Waals surface area contributed by atoms with Crippen LogP contribution in [0.25, 0.3) is 11.0 Å². The van der Waals surface area contributed by atoms with Gasteiger partial charge in [0, 0.05) is 19.6 Å². The van der Waals surface area contributed by atoms with Gasteiger partial charge in [0.05, 0.1) is 45.7 Å². The van der Waals surface area contributed by atoms with Gasteiger partial charge in [0.2, 0.25) is 11.9 Å². The summed E-state index contributed by atoms with van der Waals surface area (Å²) in [5.74, 6) is -0.577. The van der Waals surface area contributed by atoms with E-state index >= 15 is 0 Å². The molecule has 1 aliphatic carbocycles. The number of H-pyrrole nitrogens is 1. The molecule has 3 N–H and O–H groups in total. The molecule has 1 aliphatic heterocycles. The molecular weight excluding hydrogens is 506 g/mol. The summed E-state index contributed by atoms with van der Waals surface area (Å²) in [5.41, 5.74) is 1.15. The maximum atomic E-state index is 13.2. The van der Waals surface area contributed by atoms with Crippen LogP contribution in [0.5, 0.6) is 0 Å². The molecule has 1 saturated carbocycles. The number of hydrogen-bond donors (Lipinski definition) is 3. The summed E-state index contributed by atoms with van der Waals surface area (Å²) < 4.78 is 44.9. The molecule has 0 spiro atoms.